The van der Waals surface area contributed by atoms with Crippen LogP contribution in [0.2, 0.25) is 0 Å². The average molecular weight is 409 g/mol. The van der Waals surface area contributed by atoms with Gasteiger partial charge in [0, 0.05) is 0 Å². The monoisotopic (exact) mass is 409 g/mol. The number of para-hydroxylation sites is 1. The van der Waals surface area contributed by atoms with Crippen LogP contribution in [0, 0.1) is 0 Å². The molecule has 0 amide bonds. The molecule has 0 radical (unpaired) electrons. The Labute approximate surface area is 159 Å². The molecule has 146 valence electrons. The second kappa shape index (κ2) is 7.85. The van der Waals surface area contributed by atoms with Gasteiger partial charge in [0.1, 0.15) is 5.75 Å². The predicted molar refractivity (Wildman–Crippen MR) is 96.2 cm³/mol. The molecule has 1 heterocycles. The number of alkyl halides is 3. The van der Waals surface area contributed by atoms with Gasteiger partial charge in [-0.2, -0.15) is 13.2 Å². The second-order valence-corrected chi connectivity index (χ2v) is 7.45. The van der Waals surface area contributed by atoms with E-state index in [1.54, 1.807) is 24.3 Å². The van der Waals surface area contributed by atoms with E-state index in [1.165, 1.54) is 12.4 Å². The van der Waals surface area contributed by atoms with Crippen molar-refractivity contribution >= 4 is 15.7 Å². The number of ether oxygens (including phenoxy) is 1. The summed E-state index contributed by atoms with van der Waals surface area (Å²) in [5.74, 6) is 0.0334. The Kier molecular flexibility index (Phi) is 5.50. The quantitative estimate of drug-likeness (QED) is 0.659. The summed E-state index contributed by atoms with van der Waals surface area (Å²) >= 11 is 0. The van der Waals surface area contributed by atoms with E-state index in [-0.39, 0.29) is 17.3 Å². The number of benzene rings is 2. The van der Waals surface area contributed by atoms with E-state index < -0.39 is 27.5 Å². The van der Waals surface area contributed by atoms with Gasteiger partial charge in [0.2, 0.25) is 10.0 Å². The lowest BCUT2D eigenvalue weighted by atomic mass is 10.1. The summed E-state index contributed by atoms with van der Waals surface area (Å²) in [6, 6.07) is 12.8. The molecule has 0 fully saturated rings. The van der Waals surface area contributed by atoms with Crippen LogP contribution >= 0.6 is 0 Å². The molecule has 3 aromatic rings. The molecule has 2 aromatic carbocycles. The zero-order valence-corrected chi connectivity index (χ0v) is 15.0. The van der Waals surface area contributed by atoms with Crippen LogP contribution in [-0.2, 0) is 22.0 Å². The molecule has 0 aliphatic rings. The average Bonchev–Trinajstić information content (AvgIpc) is 2.63. The third kappa shape index (κ3) is 5.43. The van der Waals surface area contributed by atoms with Crippen LogP contribution < -0.4 is 9.46 Å². The lowest BCUT2D eigenvalue weighted by molar-refractivity contribution is -0.137. The van der Waals surface area contributed by atoms with Gasteiger partial charge in [-0.15, -0.1) is 0 Å². The molecule has 1 aromatic heterocycles. The largest absolute Gasteiger partial charge is 0.424 e. The van der Waals surface area contributed by atoms with Gasteiger partial charge in [0.05, 0.1) is 29.4 Å². The van der Waals surface area contributed by atoms with Crippen molar-refractivity contribution in [3.8, 4) is 11.8 Å². The minimum atomic E-state index is -4.48. The molecule has 10 heteroatoms. The highest BCUT2D eigenvalue weighted by Gasteiger charge is 2.30. The molecule has 3 rings (SSSR count). The molecule has 0 atom stereocenters. The molecule has 0 saturated carbocycles. The first-order valence-electron chi connectivity index (χ1n) is 7.93. The summed E-state index contributed by atoms with van der Waals surface area (Å²) < 4.78 is 69.8. The van der Waals surface area contributed by atoms with E-state index in [0.717, 1.165) is 24.3 Å². The number of hydrogen-bond donors (Lipinski definition) is 1. The molecule has 28 heavy (non-hydrogen) atoms. The van der Waals surface area contributed by atoms with E-state index in [4.69, 9.17) is 4.74 Å². The minimum absolute atomic E-state index is 0.0388. The van der Waals surface area contributed by atoms with E-state index in [9.17, 15) is 21.6 Å². The standard InChI is InChI=1S/C18H14F3N3O3S/c19-18(20,21)14-8-6-13(7-9-14)12-28(25,26)24-15-10-22-17(23-11-15)27-16-4-2-1-3-5-16/h1-11,24H,12H2. The number of rotatable bonds is 6. The summed E-state index contributed by atoms with van der Waals surface area (Å²) in [6.07, 6.45) is -2.01. The van der Waals surface area contributed by atoms with Crippen LogP contribution in [0.5, 0.6) is 11.8 Å². The zero-order chi connectivity index (χ0) is 20.2. The molecule has 6 nitrogen and oxygen atoms in total. The van der Waals surface area contributed by atoms with Crippen molar-refractivity contribution in [3.05, 3.63) is 78.1 Å². The van der Waals surface area contributed by atoms with Gasteiger partial charge in [0.15, 0.2) is 0 Å². The van der Waals surface area contributed by atoms with Crippen LogP contribution in [0.15, 0.2) is 67.0 Å². The van der Waals surface area contributed by atoms with E-state index in [0.29, 0.717) is 5.75 Å². The molecular weight excluding hydrogens is 395 g/mol. The summed E-state index contributed by atoms with van der Waals surface area (Å²) in [7, 11) is -3.86. The Hall–Kier alpha value is -3.14. The molecule has 0 bridgehead atoms. The SMILES string of the molecule is O=S(=O)(Cc1ccc(C(F)(F)F)cc1)Nc1cnc(Oc2ccccc2)nc1. The normalized spacial score (nSPS) is 11.8. The van der Waals surface area contributed by atoms with Crippen molar-refractivity contribution in [2.75, 3.05) is 4.72 Å². The third-order valence-electron chi connectivity index (χ3n) is 3.49. The zero-order valence-electron chi connectivity index (χ0n) is 14.2. The first kappa shape index (κ1) is 19.6. The third-order valence-corrected chi connectivity index (χ3v) is 4.75. The minimum Gasteiger partial charge on any atom is -0.424 e. The molecular formula is C18H14F3N3O3S. The Morgan fingerprint density at radius 1 is 0.929 bits per heavy atom. The van der Waals surface area contributed by atoms with Crippen molar-refractivity contribution in [2.45, 2.75) is 11.9 Å². The summed E-state index contributed by atoms with van der Waals surface area (Å²) in [5, 5.41) is 0. The number of aromatic nitrogens is 2. The highest BCUT2D eigenvalue weighted by molar-refractivity contribution is 7.91. The van der Waals surface area contributed by atoms with E-state index in [2.05, 4.69) is 14.7 Å². The maximum Gasteiger partial charge on any atom is 0.416 e. The topological polar surface area (TPSA) is 81.2 Å². The highest BCUT2D eigenvalue weighted by Crippen LogP contribution is 2.29. The fourth-order valence-corrected chi connectivity index (χ4v) is 3.41. The molecule has 1 N–H and O–H groups in total. The van der Waals surface area contributed by atoms with Crippen LogP contribution in [-0.4, -0.2) is 18.4 Å². The van der Waals surface area contributed by atoms with Crippen molar-refractivity contribution < 1.29 is 26.3 Å². The number of nitrogens with zero attached hydrogens (tertiary/aromatic N) is 2. The number of hydrogen-bond acceptors (Lipinski definition) is 5. The Morgan fingerprint density at radius 3 is 2.11 bits per heavy atom. The second-order valence-electron chi connectivity index (χ2n) is 5.73. The van der Waals surface area contributed by atoms with E-state index >= 15 is 0 Å². The Bertz CT molecular complexity index is 1020. The van der Waals surface area contributed by atoms with Crippen LogP contribution in [0.4, 0.5) is 18.9 Å². The number of halogens is 3. The van der Waals surface area contributed by atoms with Gasteiger partial charge in [-0.1, -0.05) is 30.3 Å². The maximum atomic E-state index is 12.6. The summed E-state index contributed by atoms with van der Waals surface area (Å²) in [5.41, 5.74) is -0.526. The van der Waals surface area contributed by atoms with Crippen molar-refractivity contribution in [1.82, 2.24) is 9.97 Å². The van der Waals surface area contributed by atoms with Crippen molar-refractivity contribution in [1.29, 1.82) is 0 Å². The predicted octanol–water partition coefficient (Wildman–Crippen LogP) is 4.23. The first-order chi connectivity index (χ1) is 13.2. The van der Waals surface area contributed by atoms with Gasteiger partial charge in [-0.3, -0.25) is 4.72 Å². The van der Waals surface area contributed by atoms with Crippen LogP contribution in [0.25, 0.3) is 0 Å². The van der Waals surface area contributed by atoms with Gasteiger partial charge in [0.25, 0.3) is 0 Å². The van der Waals surface area contributed by atoms with Gasteiger partial charge < -0.3 is 4.74 Å². The number of sulfonamides is 1. The molecule has 0 saturated heterocycles. The smallest absolute Gasteiger partial charge is 0.416 e. The maximum absolute atomic E-state index is 12.6. The van der Waals surface area contributed by atoms with Gasteiger partial charge in [-0.05, 0) is 29.8 Å². The highest BCUT2D eigenvalue weighted by atomic mass is 32.2. The molecule has 0 aliphatic carbocycles. The molecule has 0 aliphatic heterocycles. The fourth-order valence-electron chi connectivity index (χ4n) is 2.24. The lowest BCUT2D eigenvalue weighted by Crippen LogP contribution is -2.15. The van der Waals surface area contributed by atoms with Gasteiger partial charge >= 0.3 is 12.2 Å². The first-order valence-corrected chi connectivity index (χ1v) is 9.58. The number of anilines is 1. The lowest BCUT2D eigenvalue weighted by Gasteiger charge is -2.10. The van der Waals surface area contributed by atoms with E-state index in [1.807, 2.05) is 6.07 Å². The fraction of sp³-hybridized carbons (Fsp3) is 0.111. The van der Waals surface area contributed by atoms with Crippen LogP contribution in [0.1, 0.15) is 11.1 Å². The Balaban J connectivity index is 1.63. The molecule has 0 unspecified atom stereocenters. The van der Waals surface area contributed by atoms with Crippen molar-refractivity contribution in [3.63, 3.8) is 0 Å². The number of nitrogens with one attached hydrogen (secondary N) is 1. The summed E-state index contributed by atoms with van der Waals surface area (Å²) in [6.45, 7) is 0. The van der Waals surface area contributed by atoms with Crippen LogP contribution in [0.3, 0.4) is 0 Å². The van der Waals surface area contributed by atoms with Gasteiger partial charge in [-0.25, -0.2) is 18.4 Å². The molecule has 0 spiro atoms. The summed E-state index contributed by atoms with van der Waals surface area (Å²) in [4.78, 5) is 7.84. The van der Waals surface area contributed by atoms with Crippen molar-refractivity contribution in [2.24, 2.45) is 0 Å². The Morgan fingerprint density at radius 2 is 1.54 bits per heavy atom.